The van der Waals surface area contributed by atoms with Crippen molar-refractivity contribution in [1.29, 1.82) is 0 Å². The van der Waals surface area contributed by atoms with E-state index in [-0.39, 0.29) is 13.0 Å². The highest BCUT2D eigenvalue weighted by Gasteiger charge is 2.44. The number of halogens is 2. The number of para-hydroxylation sites is 1. The Hall–Kier alpha value is -1.91. The summed E-state index contributed by atoms with van der Waals surface area (Å²) < 4.78 is 32.0. The van der Waals surface area contributed by atoms with E-state index in [0.717, 1.165) is 16.5 Å². The van der Waals surface area contributed by atoms with E-state index >= 15 is 0 Å². The Labute approximate surface area is 121 Å². The number of benzene rings is 1. The van der Waals surface area contributed by atoms with Crippen LogP contribution in [0, 0.1) is 12.8 Å². The van der Waals surface area contributed by atoms with Gasteiger partial charge in [0.15, 0.2) is 0 Å². The number of carbonyl (C=O) groups is 1. The maximum absolute atomic E-state index is 13.5. The number of hydrogen-bond acceptors (Lipinski definition) is 2. The molecule has 1 unspecified atom stereocenters. The van der Waals surface area contributed by atoms with Crippen molar-refractivity contribution in [3.8, 4) is 0 Å². The zero-order valence-electron chi connectivity index (χ0n) is 11.8. The molecule has 0 amide bonds. The summed E-state index contributed by atoms with van der Waals surface area (Å²) in [5, 5.41) is 0.910. The SMILES string of the molecule is Cc1cccc2cc(C(=O)OCC3CCCC3(F)F)[nH]c12. The van der Waals surface area contributed by atoms with Gasteiger partial charge in [-0.15, -0.1) is 0 Å². The monoisotopic (exact) mass is 293 g/mol. The molecule has 1 fully saturated rings. The summed E-state index contributed by atoms with van der Waals surface area (Å²) in [4.78, 5) is 15.0. The number of ether oxygens (including phenoxy) is 1. The first-order valence-electron chi connectivity index (χ1n) is 7.10. The van der Waals surface area contributed by atoms with Crippen molar-refractivity contribution in [2.45, 2.75) is 32.1 Å². The van der Waals surface area contributed by atoms with Crippen LogP contribution >= 0.6 is 0 Å². The number of fused-ring (bicyclic) bond motifs is 1. The number of hydrogen-bond donors (Lipinski definition) is 1. The lowest BCUT2D eigenvalue weighted by molar-refractivity contribution is -0.0587. The molecule has 5 heteroatoms. The van der Waals surface area contributed by atoms with Gasteiger partial charge in [0.25, 0.3) is 5.92 Å². The third-order valence-electron chi connectivity index (χ3n) is 4.16. The van der Waals surface area contributed by atoms with E-state index in [2.05, 4.69) is 4.98 Å². The van der Waals surface area contributed by atoms with Crippen molar-refractivity contribution in [3.63, 3.8) is 0 Å². The van der Waals surface area contributed by atoms with Crippen molar-refractivity contribution in [2.75, 3.05) is 6.61 Å². The van der Waals surface area contributed by atoms with Crippen LogP contribution in [0.5, 0.6) is 0 Å². The summed E-state index contributed by atoms with van der Waals surface area (Å²) in [5.41, 5.74) is 2.20. The van der Waals surface area contributed by atoms with Gasteiger partial charge in [-0.1, -0.05) is 18.2 Å². The third-order valence-corrected chi connectivity index (χ3v) is 4.16. The number of aromatic amines is 1. The molecular formula is C16H17F2NO2. The molecule has 1 aromatic carbocycles. The highest BCUT2D eigenvalue weighted by atomic mass is 19.3. The summed E-state index contributed by atoms with van der Waals surface area (Å²) >= 11 is 0. The number of nitrogens with one attached hydrogen (secondary N) is 1. The number of rotatable bonds is 3. The van der Waals surface area contributed by atoms with Crippen LogP contribution in [0.1, 0.15) is 35.3 Å². The second-order valence-corrected chi connectivity index (χ2v) is 5.67. The largest absolute Gasteiger partial charge is 0.460 e. The van der Waals surface area contributed by atoms with E-state index in [1.54, 1.807) is 6.07 Å². The molecule has 0 bridgehead atoms. The van der Waals surface area contributed by atoms with Crippen LogP contribution in [0.15, 0.2) is 24.3 Å². The molecule has 21 heavy (non-hydrogen) atoms. The Morgan fingerprint density at radius 1 is 1.48 bits per heavy atom. The van der Waals surface area contributed by atoms with E-state index in [4.69, 9.17) is 4.74 Å². The molecule has 1 atom stereocenters. The smallest absolute Gasteiger partial charge is 0.354 e. The maximum Gasteiger partial charge on any atom is 0.354 e. The second-order valence-electron chi connectivity index (χ2n) is 5.67. The van der Waals surface area contributed by atoms with Gasteiger partial charge in [-0.05, 0) is 31.4 Å². The fourth-order valence-corrected chi connectivity index (χ4v) is 2.88. The number of esters is 1. The first-order valence-corrected chi connectivity index (χ1v) is 7.10. The average molecular weight is 293 g/mol. The van der Waals surface area contributed by atoms with E-state index in [1.807, 2.05) is 25.1 Å². The lowest BCUT2D eigenvalue weighted by atomic mass is 10.1. The summed E-state index contributed by atoms with van der Waals surface area (Å²) in [6.45, 7) is 1.72. The lowest BCUT2D eigenvalue weighted by Crippen LogP contribution is -2.27. The number of aromatic nitrogens is 1. The molecule has 1 aliphatic rings. The molecule has 0 radical (unpaired) electrons. The summed E-state index contributed by atoms with van der Waals surface area (Å²) in [7, 11) is 0. The number of aryl methyl sites for hydroxylation is 1. The standard InChI is InChI=1S/C16H17F2NO2/c1-10-4-2-5-11-8-13(19-14(10)11)15(20)21-9-12-6-3-7-16(12,17)18/h2,4-5,8,12,19H,3,6-7,9H2,1H3. The van der Waals surface area contributed by atoms with E-state index < -0.39 is 17.8 Å². The van der Waals surface area contributed by atoms with Crippen LogP contribution in [0.25, 0.3) is 10.9 Å². The molecule has 0 saturated heterocycles. The Balaban J connectivity index is 1.71. The molecule has 1 heterocycles. The first-order chi connectivity index (χ1) is 9.97. The summed E-state index contributed by atoms with van der Waals surface area (Å²) in [5.74, 6) is -4.14. The van der Waals surface area contributed by atoms with Crippen LogP contribution in [-0.4, -0.2) is 23.5 Å². The molecule has 1 saturated carbocycles. The highest BCUT2D eigenvalue weighted by Crippen LogP contribution is 2.40. The molecule has 0 spiro atoms. The Kier molecular flexibility index (Phi) is 3.43. The van der Waals surface area contributed by atoms with Gasteiger partial charge < -0.3 is 9.72 Å². The van der Waals surface area contributed by atoms with Crippen molar-refractivity contribution in [1.82, 2.24) is 4.98 Å². The zero-order valence-corrected chi connectivity index (χ0v) is 11.8. The summed E-state index contributed by atoms with van der Waals surface area (Å²) in [6, 6.07) is 7.42. The van der Waals surface area contributed by atoms with Gasteiger partial charge >= 0.3 is 5.97 Å². The van der Waals surface area contributed by atoms with Crippen molar-refractivity contribution in [3.05, 3.63) is 35.5 Å². The first kappa shape index (κ1) is 14.0. The number of carbonyl (C=O) groups excluding carboxylic acids is 1. The van der Waals surface area contributed by atoms with E-state index in [9.17, 15) is 13.6 Å². The van der Waals surface area contributed by atoms with Gasteiger partial charge in [0, 0.05) is 17.3 Å². The van der Waals surface area contributed by atoms with Gasteiger partial charge in [0.05, 0.1) is 5.92 Å². The molecule has 1 N–H and O–H groups in total. The van der Waals surface area contributed by atoms with Gasteiger partial charge in [-0.3, -0.25) is 0 Å². The van der Waals surface area contributed by atoms with E-state index in [0.29, 0.717) is 18.5 Å². The van der Waals surface area contributed by atoms with Crippen molar-refractivity contribution < 1.29 is 18.3 Å². The number of H-pyrrole nitrogens is 1. The predicted octanol–water partition coefficient (Wildman–Crippen LogP) is 4.07. The second kappa shape index (κ2) is 5.13. The number of alkyl halides is 2. The third kappa shape index (κ3) is 2.64. The minimum Gasteiger partial charge on any atom is -0.460 e. The molecule has 112 valence electrons. The van der Waals surface area contributed by atoms with Crippen molar-refractivity contribution in [2.24, 2.45) is 5.92 Å². The highest BCUT2D eigenvalue weighted by molar-refractivity contribution is 5.95. The van der Waals surface area contributed by atoms with Gasteiger partial charge in [0.2, 0.25) is 0 Å². The predicted molar refractivity (Wildman–Crippen MR) is 75.6 cm³/mol. The maximum atomic E-state index is 13.5. The Morgan fingerprint density at radius 3 is 2.95 bits per heavy atom. The summed E-state index contributed by atoms with van der Waals surface area (Å²) in [6.07, 6.45) is 0.785. The van der Waals surface area contributed by atoms with Gasteiger partial charge in [-0.25, -0.2) is 13.6 Å². The zero-order chi connectivity index (χ0) is 15.0. The fraction of sp³-hybridized carbons (Fsp3) is 0.438. The van der Waals surface area contributed by atoms with Crippen LogP contribution in [0.3, 0.4) is 0 Å². The van der Waals surface area contributed by atoms with Gasteiger partial charge in [0.1, 0.15) is 12.3 Å². The van der Waals surface area contributed by atoms with Crippen LogP contribution in [0.4, 0.5) is 8.78 Å². The topological polar surface area (TPSA) is 42.1 Å². The van der Waals surface area contributed by atoms with Gasteiger partial charge in [-0.2, -0.15) is 0 Å². The Morgan fingerprint density at radius 2 is 2.29 bits per heavy atom. The minimum absolute atomic E-state index is 0.110. The molecule has 1 aromatic heterocycles. The lowest BCUT2D eigenvalue weighted by Gasteiger charge is -2.18. The van der Waals surface area contributed by atoms with Crippen LogP contribution in [-0.2, 0) is 4.74 Å². The van der Waals surface area contributed by atoms with Crippen LogP contribution in [0.2, 0.25) is 0 Å². The average Bonchev–Trinajstić information content (AvgIpc) is 3.00. The minimum atomic E-state index is -2.71. The molecule has 3 nitrogen and oxygen atoms in total. The van der Waals surface area contributed by atoms with Crippen molar-refractivity contribution >= 4 is 16.9 Å². The molecule has 1 aliphatic carbocycles. The normalized spacial score (nSPS) is 20.8. The van der Waals surface area contributed by atoms with E-state index in [1.165, 1.54) is 0 Å². The molecule has 2 aromatic rings. The Bertz CT molecular complexity index is 678. The quantitative estimate of drug-likeness (QED) is 0.867. The van der Waals surface area contributed by atoms with Crippen LogP contribution < -0.4 is 0 Å². The molecular weight excluding hydrogens is 276 g/mol. The molecule has 3 rings (SSSR count). The fourth-order valence-electron chi connectivity index (χ4n) is 2.88. The molecule has 0 aliphatic heterocycles.